The number of benzene rings is 1. The molecule has 1 aromatic rings. The summed E-state index contributed by atoms with van der Waals surface area (Å²) in [6.45, 7) is 5.59. The summed E-state index contributed by atoms with van der Waals surface area (Å²) in [5.74, 6) is 0. The van der Waals surface area contributed by atoms with Gasteiger partial charge in [0, 0.05) is 6.54 Å². The molecule has 0 aliphatic heterocycles. The Labute approximate surface area is 100 Å². The first-order chi connectivity index (χ1) is 7.68. The highest BCUT2D eigenvalue weighted by Gasteiger charge is 2.26. The van der Waals surface area contributed by atoms with Gasteiger partial charge in [0.2, 0.25) is 0 Å². The molecule has 0 unspecified atom stereocenters. The van der Waals surface area contributed by atoms with Gasteiger partial charge in [0.25, 0.3) is 0 Å². The van der Waals surface area contributed by atoms with E-state index in [4.69, 9.17) is 0 Å². The van der Waals surface area contributed by atoms with E-state index in [1.165, 1.54) is 5.56 Å². The number of alkyl halides is 3. The fraction of sp³-hybridized carbons (Fsp3) is 0.538. The van der Waals surface area contributed by atoms with Crippen molar-refractivity contribution in [3.8, 4) is 0 Å². The van der Waals surface area contributed by atoms with E-state index in [1.807, 2.05) is 24.3 Å². The van der Waals surface area contributed by atoms with E-state index in [0.717, 1.165) is 5.56 Å². The standard InChI is InChI=1S/C13H18F3N/c1-12(2,3)11-6-4-10(5-7-11)8-17-9-13(14,15)16/h4-7,17H,8-9H2,1-3H3. The zero-order valence-electron chi connectivity index (χ0n) is 10.4. The van der Waals surface area contributed by atoms with Gasteiger partial charge >= 0.3 is 6.18 Å². The summed E-state index contributed by atoms with van der Waals surface area (Å²) in [5.41, 5.74) is 2.11. The van der Waals surface area contributed by atoms with Gasteiger partial charge in [-0.15, -0.1) is 0 Å². The van der Waals surface area contributed by atoms with Gasteiger partial charge in [-0.05, 0) is 16.5 Å². The van der Waals surface area contributed by atoms with Crippen molar-refractivity contribution in [3.05, 3.63) is 35.4 Å². The van der Waals surface area contributed by atoms with E-state index in [0.29, 0.717) is 0 Å². The van der Waals surface area contributed by atoms with E-state index in [9.17, 15) is 13.2 Å². The fourth-order valence-corrected chi connectivity index (χ4v) is 1.47. The summed E-state index contributed by atoms with van der Waals surface area (Å²) in [4.78, 5) is 0. The minimum Gasteiger partial charge on any atom is -0.305 e. The first kappa shape index (κ1) is 14.0. The van der Waals surface area contributed by atoms with Crippen LogP contribution in [0.2, 0.25) is 0 Å². The predicted octanol–water partition coefficient (Wildman–Crippen LogP) is 3.64. The lowest BCUT2D eigenvalue weighted by atomic mass is 9.87. The zero-order chi connectivity index (χ0) is 13.1. The summed E-state index contributed by atoms with van der Waals surface area (Å²) >= 11 is 0. The topological polar surface area (TPSA) is 12.0 Å². The smallest absolute Gasteiger partial charge is 0.305 e. The van der Waals surface area contributed by atoms with Crippen molar-refractivity contribution in [2.45, 2.75) is 38.9 Å². The molecular weight excluding hydrogens is 227 g/mol. The Morgan fingerprint density at radius 3 is 1.94 bits per heavy atom. The molecule has 1 aromatic carbocycles. The fourth-order valence-electron chi connectivity index (χ4n) is 1.47. The van der Waals surface area contributed by atoms with Crippen molar-refractivity contribution in [2.24, 2.45) is 0 Å². The van der Waals surface area contributed by atoms with Gasteiger partial charge in [-0.3, -0.25) is 0 Å². The molecule has 0 aromatic heterocycles. The van der Waals surface area contributed by atoms with Gasteiger partial charge in [-0.2, -0.15) is 13.2 Å². The Balaban J connectivity index is 2.52. The van der Waals surface area contributed by atoms with Crippen molar-refractivity contribution in [1.82, 2.24) is 5.32 Å². The molecule has 0 aliphatic rings. The predicted molar refractivity (Wildman–Crippen MR) is 62.9 cm³/mol. The number of hydrogen-bond acceptors (Lipinski definition) is 1. The van der Waals surface area contributed by atoms with Crippen LogP contribution in [0.25, 0.3) is 0 Å². The highest BCUT2D eigenvalue weighted by atomic mass is 19.4. The lowest BCUT2D eigenvalue weighted by Gasteiger charge is -2.19. The van der Waals surface area contributed by atoms with Crippen molar-refractivity contribution in [2.75, 3.05) is 6.54 Å². The van der Waals surface area contributed by atoms with Crippen molar-refractivity contribution in [1.29, 1.82) is 0 Å². The van der Waals surface area contributed by atoms with E-state index in [1.54, 1.807) is 0 Å². The summed E-state index contributed by atoms with van der Waals surface area (Å²) in [5, 5.41) is 2.37. The molecule has 1 rings (SSSR count). The third kappa shape index (κ3) is 5.22. The van der Waals surface area contributed by atoms with E-state index in [-0.39, 0.29) is 12.0 Å². The van der Waals surface area contributed by atoms with Crippen LogP contribution in [0.4, 0.5) is 13.2 Å². The first-order valence-corrected chi connectivity index (χ1v) is 5.55. The lowest BCUT2D eigenvalue weighted by molar-refractivity contribution is -0.125. The normalized spacial score (nSPS) is 12.8. The van der Waals surface area contributed by atoms with Crippen LogP contribution in [-0.4, -0.2) is 12.7 Å². The summed E-state index contributed by atoms with van der Waals surface area (Å²) in [6, 6.07) is 7.66. The number of halogens is 3. The second kappa shape index (κ2) is 5.08. The number of rotatable bonds is 3. The molecule has 0 spiro atoms. The molecule has 4 heteroatoms. The number of nitrogens with one attached hydrogen (secondary N) is 1. The van der Waals surface area contributed by atoms with Gasteiger partial charge < -0.3 is 5.32 Å². The van der Waals surface area contributed by atoms with Gasteiger partial charge in [-0.1, -0.05) is 45.0 Å². The maximum Gasteiger partial charge on any atom is 0.401 e. The third-order valence-corrected chi connectivity index (χ3v) is 2.47. The first-order valence-electron chi connectivity index (χ1n) is 5.55. The summed E-state index contributed by atoms with van der Waals surface area (Å²) in [6.07, 6.45) is -4.15. The zero-order valence-corrected chi connectivity index (χ0v) is 10.4. The monoisotopic (exact) mass is 245 g/mol. The van der Waals surface area contributed by atoms with Gasteiger partial charge in [0.15, 0.2) is 0 Å². The lowest BCUT2D eigenvalue weighted by Crippen LogP contribution is -2.28. The SMILES string of the molecule is CC(C)(C)c1ccc(CNCC(F)(F)F)cc1. The largest absolute Gasteiger partial charge is 0.401 e. The molecule has 0 fully saturated rings. The highest BCUT2D eigenvalue weighted by molar-refractivity contribution is 5.27. The minimum atomic E-state index is -4.15. The molecule has 1 N–H and O–H groups in total. The molecule has 0 saturated carbocycles. The maximum atomic E-state index is 11.9. The Bertz CT molecular complexity index is 346. The second-order valence-electron chi connectivity index (χ2n) is 5.17. The van der Waals surface area contributed by atoms with Crippen LogP contribution >= 0.6 is 0 Å². The third-order valence-electron chi connectivity index (χ3n) is 2.47. The van der Waals surface area contributed by atoms with Crippen LogP contribution in [0, 0.1) is 0 Å². The average molecular weight is 245 g/mol. The van der Waals surface area contributed by atoms with E-state index in [2.05, 4.69) is 26.1 Å². The summed E-state index contributed by atoms with van der Waals surface area (Å²) < 4.78 is 35.7. The second-order valence-corrected chi connectivity index (χ2v) is 5.17. The molecular formula is C13H18F3N. The Morgan fingerprint density at radius 1 is 1.00 bits per heavy atom. The van der Waals surface area contributed by atoms with Gasteiger partial charge in [0.05, 0.1) is 6.54 Å². The molecule has 0 radical (unpaired) electrons. The molecule has 0 heterocycles. The van der Waals surface area contributed by atoms with Gasteiger partial charge in [0.1, 0.15) is 0 Å². The number of hydrogen-bond donors (Lipinski definition) is 1. The van der Waals surface area contributed by atoms with Crippen LogP contribution in [0.15, 0.2) is 24.3 Å². The quantitative estimate of drug-likeness (QED) is 0.857. The summed E-state index contributed by atoms with van der Waals surface area (Å²) in [7, 11) is 0. The van der Waals surface area contributed by atoms with Crippen molar-refractivity contribution in [3.63, 3.8) is 0 Å². The molecule has 0 saturated heterocycles. The van der Waals surface area contributed by atoms with E-state index < -0.39 is 12.7 Å². The van der Waals surface area contributed by atoms with Crippen LogP contribution in [0.3, 0.4) is 0 Å². The van der Waals surface area contributed by atoms with Crippen LogP contribution in [-0.2, 0) is 12.0 Å². The molecule has 0 atom stereocenters. The highest BCUT2D eigenvalue weighted by Crippen LogP contribution is 2.22. The van der Waals surface area contributed by atoms with Crippen molar-refractivity contribution >= 4 is 0 Å². The average Bonchev–Trinajstić information content (AvgIpc) is 2.15. The molecule has 0 bridgehead atoms. The van der Waals surface area contributed by atoms with Crippen LogP contribution in [0.5, 0.6) is 0 Å². The molecule has 0 aliphatic carbocycles. The van der Waals surface area contributed by atoms with Crippen LogP contribution < -0.4 is 5.32 Å². The molecule has 17 heavy (non-hydrogen) atoms. The maximum absolute atomic E-state index is 11.9. The molecule has 1 nitrogen and oxygen atoms in total. The Kier molecular flexibility index (Phi) is 4.20. The van der Waals surface area contributed by atoms with Crippen molar-refractivity contribution < 1.29 is 13.2 Å². The van der Waals surface area contributed by atoms with Crippen LogP contribution in [0.1, 0.15) is 31.9 Å². The molecule has 0 amide bonds. The Morgan fingerprint density at radius 2 is 1.53 bits per heavy atom. The molecule has 96 valence electrons. The van der Waals surface area contributed by atoms with Gasteiger partial charge in [-0.25, -0.2) is 0 Å². The van der Waals surface area contributed by atoms with E-state index >= 15 is 0 Å². The minimum absolute atomic E-state index is 0.0674. The Hall–Kier alpha value is -1.03.